The van der Waals surface area contributed by atoms with Gasteiger partial charge >= 0.3 is 6.09 Å². The molecule has 0 spiro atoms. The van der Waals surface area contributed by atoms with E-state index in [1.54, 1.807) is 38.1 Å². The molecule has 2 aliphatic rings. The van der Waals surface area contributed by atoms with Gasteiger partial charge in [-0.1, -0.05) is 56.3 Å². The van der Waals surface area contributed by atoms with Gasteiger partial charge in [0.25, 0.3) is 5.91 Å². The molecule has 270 valence electrons. The van der Waals surface area contributed by atoms with Crippen LogP contribution in [0.25, 0.3) is 0 Å². The van der Waals surface area contributed by atoms with E-state index < -0.39 is 64.9 Å². The topological polar surface area (TPSA) is 163 Å². The van der Waals surface area contributed by atoms with Gasteiger partial charge in [0.05, 0.1) is 6.04 Å². The number of carbonyl (C=O) groups excluding carboxylic acids is 6. The zero-order valence-corrected chi connectivity index (χ0v) is 29.1. The summed E-state index contributed by atoms with van der Waals surface area (Å²) < 4.78 is 19.2. The summed E-state index contributed by atoms with van der Waals surface area (Å²) in [7, 11) is 0. The Kier molecular flexibility index (Phi) is 13.1. The second kappa shape index (κ2) is 17.2. The van der Waals surface area contributed by atoms with E-state index in [1.165, 1.54) is 29.2 Å². The quantitative estimate of drug-likeness (QED) is 0.208. The summed E-state index contributed by atoms with van der Waals surface area (Å²) in [6.07, 6.45) is 1.09. The molecule has 4 rings (SSSR count). The average molecular weight is 694 g/mol. The number of nitrogens with zero attached hydrogens (tertiary/aromatic N) is 1. The molecule has 2 fully saturated rings. The van der Waals surface area contributed by atoms with Crippen molar-refractivity contribution in [3.05, 3.63) is 71.5 Å². The van der Waals surface area contributed by atoms with Crippen LogP contribution in [0.4, 0.5) is 9.18 Å². The number of carbonyl (C=O) groups is 6. The van der Waals surface area contributed by atoms with Crippen LogP contribution in [0.1, 0.15) is 70.9 Å². The highest BCUT2D eigenvalue weighted by molar-refractivity contribution is 6.38. The third kappa shape index (κ3) is 9.88. The predicted molar refractivity (Wildman–Crippen MR) is 183 cm³/mol. The number of hydrogen-bond donors (Lipinski definition) is 4. The first-order valence-electron chi connectivity index (χ1n) is 17.3. The van der Waals surface area contributed by atoms with Gasteiger partial charge in [0.2, 0.25) is 23.5 Å². The molecule has 4 atom stereocenters. The van der Waals surface area contributed by atoms with Gasteiger partial charge in [-0.25, -0.2) is 9.18 Å². The maximum Gasteiger partial charge on any atom is 0.408 e. The lowest BCUT2D eigenvalue weighted by Crippen LogP contribution is -2.57. The van der Waals surface area contributed by atoms with Crippen molar-refractivity contribution in [1.29, 1.82) is 0 Å². The first kappa shape index (κ1) is 38.0. The molecule has 0 aromatic heterocycles. The van der Waals surface area contributed by atoms with Crippen molar-refractivity contribution in [3.63, 3.8) is 0 Å². The third-order valence-corrected chi connectivity index (χ3v) is 9.71. The average Bonchev–Trinajstić information content (AvgIpc) is 3.70. The molecule has 0 radical (unpaired) electrons. The summed E-state index contributed by atoms with van der Waals surface area (Å²) in [5.41, 5.74) is 0.880. The molecular formula is C37H48FN5O7. The Hall–Kier alpha value is -4.81. The van der Waals surface area contributed by atoms with Gasteiger partial charge in [-0.15, -0.1) is 0 Å². The minimum atomic E-state index is -1.30. The monoisotopic (exact) mass is 693 g/mol. The summed E-state index contributed by atoms with van der Waals surface area (Å²) in [5, 5.41) is 10.7. The van der Waals surface area contributed by atoms with Crippen molar-refractivity contribution in [2.45, 2.75) is 97.0 Å². The minimum Gasteiger partial charge on any atom is -0.445 e. The molecule has 0 aliphatic carbocycles. The van der Waals surface area contributed by atoms with Crippen molar-refractivity contribution in [2.75, 3.05) is 13.1 Å². The Morgan fingerprint density at radius 3 is 2.22 bits per heavy atom. The number of likely N-dealkylation sites (tertiary alicyclic amines) is 1. The first-order chi connectivity index (χ1) is 23.8. The summed E-state index contributed by atoms with van der Waals surface area (Å²) in [6, 6.07) is 10.7. The fourth-order valence-corrected chi connectivity index (χ4v) is 6.59. The second-order valence-corrected chi connectivity index (χ2v) is 13.5. The van der Waals surface area contributed by atoms with Crippen molar-refractivity contribution < 1.29 is 37.9 Å². The van der Waals surface area contributed by atoms with Gasteiger partial charge in [0.15, 0.2) is 0 Å². The molecule has 5 amide bonds. The van der Waals surface area contributed by atoms with Crippen LogP contribution in [-0.2, 0) is 41.7 Å². The standard InChI is InChI=1S/C37H48FN5O7/c1-5-37(6-2)20-30(33(46)41-28(19-26-16-17-39-32(26)45)31(44)34(47)40-23(3)4)43(22-37)35(48)29(18-24-12-14-27(38)15-13-24)42-36(49)50-21-25-10-8-7-9-11-25/h7-15,23,26,28-30H,5-6,16-22H2,1-4H3,(H,39,45)(H,40,47)(H,41,46)(H,42,49)/t26-,28-,29-,30-/m0/s1. The maximum atomic E-state index is 14.4. The Bertz CT molecular complexity index is 1530. The van der Waals surface area contributed by atoms with Crippen molar-refractivity contribution in [2.24, 2.45) is 11.3 Å². The Labute approximate surface area is 292 Å². The largest absolute Gasteiger partial charge is 0.445 e. The van der Waals surface area contributed by atoms with Crippen molar-refractivity contribution in [1.82, 2.24) is 26.2 Å². The summed E-state index contributed by atoms with van der Waals surface area (Å²) in [6.45, 7) is 7.95. The molecule has 0 saturated carbocycles. The number of amides is 5. The van der Waals surface area contributed by atoms with Crippen LogP contribution < -0.4 is 21.3 Å². The van der Waals surface area contributed by atoms with E-state index in [4.69, 9.17) is 4.74 Å². The fraction of sp³-hybridized carbons (Fsp3) is 0.514. The summed E-state index contributed by atoms with van der Waals surface area (Å²) >= 11 is 0. The normalized spacial score (nSPS) is 19.3. The van der Waals surface area contributed by atoms with Gasteiger partial charge < -0.3 is 30.9 Å². The Balaban J connectivity index is 1.60. The lowest BCUT2D eigenvalue weighted by molar-refractivity contribution is -0.143. The molecule has 50 heavy (non-hydrogen) atoms. The highest BCUT2D eigenvalue weighted by atomic mass is 19.1. The van der Waals surface area contributed by atoms with Crippen LogP contribution in [0.3, 0.4) is 0 Å². The smallest absolute Gasteiger partial charge is 0.408 e. The molecule has 0 bridgehead atoms. The fourth-order valence-electron chi connectivity index (χ4n) is 6.59. The minimum absolute atomic E-state index is 0.0110. The Morgan fingerprint density at radius 2 is 1.62 bits per heavy atom. The highest BCUT2D eigenvalue weighted by Crippen LogP contribution is 2.41. The molecule has 2 heterocycles. The molecule has 12 nitrogen and oxygen atoms in total. The van der Waals surface area contributed by atoms with E-state index in [9.17, 15) is 33.2 Å². The van der Waals surface area contributed by atoms with Crippen LogP contribution in [-0.4, -0.2) is 77.7 Å². The number of Topliss-reactive ketones (excluding diaryl/α,β-unsaturated/α-hetero) is 1. The third-order valence-electron chi connectivity index (χ3n) is 9.71. The number of benzene rings is 2. The van der Waals surface area contributed by atoms with Gasteiger partial charge in [0.1, 0.15) is 24.5 Å². The van der Waals surface area contributed by atoms with Crippen LogP contribution in [0.5, 0.6) is 0 Å². The van der Waals surface area contributed by atoms with Gasteiger partial charge in [0, 0.05) is 31.5 Å². The number of ether oxygens (including phenoxy) is 1. The van der Waals surface area contributed by atoms with Crippen molar-refractivity contribution in [3.8, 4) is 0 Å². The SMILES string of the molecule is CCC1(CC)C[C@@H](C(=O)N[C@@H](C[C@@H]2CCNC2=O)C(=O)C(=O)NC(C)C)N(C(=O)[C@H](Cc2ccc(F)cc2)NC(=O)OCc2ccccc2)C1. The number of halogens is 1. The molecule has 0 unspecified atom stereocenters. The molecule has 2 aromatic rings. The highest BCUT2D eigenvalue weighted by Gasteiger charge is 2.49. The lowest BCUT2D eigenvalue weighted by Gasteiger charge is -2.30. The van der Waals surface area contributed by atoms with E-state index in [0.29, 0.717) is 31.4 Å². The number of hydrogen-bond acceptors (Lipinski definition) is 7. The molecule has 4 N–H and O–H groups in total. The number of rotatable bonds is 15. The first-order valence-corrected chi connectivity index (χ1v) is 17.3. The number of nitrogens with one attached hydrogen (secondary N) is 4. The van der Waals surface area contributed by atoms with Crippen LogP contribution in [0, 0.1) is 17.2 Å². The van der Waals surface area contributed by atoms with E-state index in [-0.39, 0.29) is 44.4 Å². The predicted octanol–water partition coefficient (Wildman–Crippen LogP) is 3.18. The van der Waals surface area contributed by atoms with Crippen LogP contribution in [0.2, 0.25) is 0 Å². The van der Waals surface area contributed by atoms with E-state index >= 15 is 0 Å². The van der Waals surface area contributed by atoms with Crippen LogP contribution in [0.15, 0.2) is 54.6 Å². The second-order valence-electron chi connectivity index (χ2n) is 13.5. The van der Waals surface area contributed by atoms with E-state index in [2.05, 4.69) is 21.3 Å². The van der Waals surface area contributed by atoms with Crippen LogP contribution >= 0.6 is 0 Å². The molecule has 13 heteroatoms. The van der Waals surface area contributed by atoms with Gasteiger partial charge in [-0.2, -0.15) is 0 Å². The number of alkyl carbamates (subject to hydrolysis) is 1. The summed E-state index contributed by atoms with van der Waals surface area (Å²) in [4.78, 5) is 81.7. The van der Waals surface area contributed by atoms with Gasteiger partial charge in [-0.05, 0) is 74.6 Å². The molecule has 2 saturated heterocycles. The molecular weight excluding hydrogens is 645 g/mol. The van der Waals surface area contributed by atoms with Crippen molar-refractivity contribution >= 4 is 35.5 Å². The molecule has 2 aliphatic heterocycles. The maximum absolute atomic E-state index is 14.4. The zero-order valence-electron chi connectivity index (χ0n) is 29.1. The number of ketones is 1. The Morgan fingerprint density at radius 1 is 0.940 bits per heavy atom. The zero-order chi connectivity index (χ0) is 36.4. The molecule has 2 aromatic carbocycles. The van der Waals surface area contributed by atoms with E-state index in [1.807, 2.05) is 19.9 Å². The summed E-state index contributed by atoms with van der Waals surface area (Å²) in [5.74, 6) is -4.24. The van der Waals surface area contributed by atoms with Gasteiger partial charge in [-0.3, -0.25) is 24.0 Å². The lowest BCUT2D eigenvalue weighted by atomic mass is 9.80. The van der Waals surface area contributed by atoms with E-state index in [0.717, 1.165) is 5.56 Å².